The van der Waals surface area contributed by atoms with Crippen LogP contribution in [-0.2, 0) is 4.79 Å². The molecule has 176 valence electrons. The van der Waals surface area contributed by atoms with E-state index in [2.05, 4.69) is 0 Å². The number of carbonyl (C=O) groups excluding carboxylic acids is 3. The van der Waals surface area contributed by atoms with E-state index in [-0.39, 0.29) is 17.5 Å². The number of hydrogen-bond donors (Lipinski definition) is 0. The Kier molecular flexibility index (Phi) is 5.15. The minimum Gasteiger partial charge on any atom is -0.497 e. The van der Waals surface area contributed by atoms with E-state index in [0.29, 0.717) is 45.0 Å². The molecule has 6 heteroatoms. The Morgan fingerprint density at radius 2 is 1.25 bits per heavy atom. The molecule has 6 nitrogen and oxygen atoms in total. The van der Waals surface area contributed by atoms with Crippen LogP contribution < -0.4 is 14.4 Å². The lowest BCUT2D eigenvalue weighted by Gasteiger charge is -2.46. The van der Waals surface area contributed by atoms with Crippen LogP contribution >= 0.6 is 0 Å². The third-order valence-electron chi connectivity index (χ3n) is 6.69. The molecular formula is C30H21NO5. The lowest BCUT2D eigenvalue weighted by Crippen LogP contribution is -2.61. The van der Waals surface area contributed by atoms with Crippen LogP contribution in [0.2, 0.25) is 0 Å². The van der Waals surface area contributed by atoms with Gasteiger partial charge >= 0.3 is 0 Å². The van der Waals surface area contributed by atoms with Crippen molar-refractivity contribution in [3.05, 3.63) is 125 Å². The van der Waals surface area contributed by atoms with E-state index in [0.717, 1.165) is 0 Å². The molecule has 0 N–H and O–H groups in total. The number of methoxy groups -OCH3 is 1. The number of ketones is 2. The van der Waals surface area contributed by atoms with Crippen LogP contribution in [0.15, 0.2) is 97.1 Å². The largest absolute Gasteiger partial charge is 0.497 e. The van der Waals surface area contributed by atoms with Gasteiger partial charge in [-0.25, -0.2) is 0 Å². The summed E-state index contributed by atoms with van der Waals surface area (Å²) in [6.07, 6.45) is -0.783. The normalized spacial score (nSPS) is 18.2. The summed E-state index contributed by atoms with van der Waals surface area (Å²) in [6.45, 7) is 0. The fourth-order valence-electron chi connectivity index (χ4n) is 4.88. The van der Waals surface area contributed by atoms with Gasteiger partial charge in [-0.3, -0.25) is 19.3 Å². The van der Waals surface area contributed by atoms with E-state index in [1.165, 1.54) is 0 Å². The molecule has 1 amide bonds. The molecule has 0 saturated carbocycles. The summed E-state index contributed by atoms with van der Waals surface area (Å²) in [5, 5.41) is 0. The van der Waals surface area contributed by atoms with Gasteiger partial charge in [-0.2, -0.15) is 0 Å². The fourth-order valence-corrected chi connectivity index (χ4v) is 4.88. The summed E-state index contributed by atoms with van der Waals surface area (Å²) in [4.78, 5) is 41.4. The van der Waals surface area contributed by atoms with Crippen molar-refractivity contribution < 1.29 is 23.9 Å². The zero-order valence-electron chi connectivity index (χ0n) is 19.4. The molecule has 36 heavy (non-hydrogen) atoms. The number of amides is 1. The molecule has 1 heterocycles. The molecular weight excluding hydrogens is 454 g/mol. The molecule has 4 aromatic carbocycles. The SMILES string of the molecule is COc1ccc(N2C(=O)C(Oc3ccccc3)C2c2ccc3c(c2)C(=O)c2ccccc2C3=O)cc1. The Labute approximate surface area is 207 Å². The number of β-lactam (4-membered cyclic amide) rings is 1. The van der Waals surface area contributed by atoms with Crippen molar-refractivity contribution >= 4 is 23.2 Å². The molecule has 4 aromatic rings. The predicted octanol–water partition coefficient (Wildman–Crippen LogP) is 5.01. The van der Waals surface area contributed by atoms with Crippen LogP contribution in [0.3, 0.4) is 0 Å². The number of anilines is 1. The van der Waals surface area contributed by atoms with Crippen molar-refractivity contribution in [2.45, 2.75) is 12.1 Å². The summed E-state index contributed by atoms with van der Waals surface area (Å²) >= 11 is 0. The van der Waals surface area contributed by atoms with Gasteiger partial charge in [0.05, 0.1) is 7.11 Å². The maximum absolute atomic E-state index is 13.3. The maximum atomic E-state index is 13.3. The number of para-hydroxylation sites is 1. The van der Waals surface area contributed by atoms with Crippen molar-refractivity contribution in [2.75, 3.05) is 12.0 Å². The highest BCUT2D eigenvalue weighted by molar-refractivity contribution is 6.28. The van der Waals surface area contributed by atoms with E-state index in [1.54, 1.807) is 78.7 Å². The Bertz CT molecular complexity index is 1510. The van der Waals surface area contributed by atoms with Crippen molar-refractivity contribution in [1.29, 1.82) is 0 Å². The van der Waals surface area contributed by atoms with Crippen LogP contribution in [0.25, 0.3) is 0 Å². The molecule has 2 atom stereocenters. The Hall–Kier alpha value is -4.71. The molecule has 2 unspecified atom stereocenters. The molecule has 0 bridgehead atoms. The number of benzene rings is 4. The summed E-state index contributed by atoms with van der Waals surface area (Å²) in [6, 6.07) is 27.9. The van der Waals surface area contributed by atoms with E-state index >= 15 is 0 Å². The highest BCUT2D eigenvalue weighted by atomic mass is 16.5. The number of hydrogen-bond acceptors (Lipinski definition) is 5. The van der Waals surface area contributed by atoms with Crippen molar-refractivity contribution in [1.82, 2.24) is 0 Å². The van der Waals surface area contributed by atoms with Gasteiger partial charge in [0.15, 0.2) is 11.6 Å². The second-order valence-corrected chi connectivity index (χ2v) is 8.71. The first-order valence-electron chi connectivity index (χ1n) is 11.6. The number of carbonyl (C=O) groups is 3. The second-order valence-electron chi connectivity index (χ2n) is 8.71. The minimum absolute atomic E-state index is 0.180. The van der Waals surface area contributed by atoms with Gasteiger partial charge in [-0.1, -0.05) is 48.5 Å². The standard InChI is InChI=1S/C30H21NO5/c1-35-20-14-12-19(13-15-20)31-26(29(30(31)34)36-21-7-3-2-4-8-21)18-11-16-24-25(17-18)28(33)23-10-6-5-9-22(23)27(24)32/h2-17,26,29H,1H3. The van der Waals surface area contributed by atoms with Crippen LogP contribution in [0.5, 0.6) is 11.5 Å². The summed E-state index contributed by atoms with van der Waals surface area (Å²) in [5.74, 6) is 0.675. The van der Waals surface area contributed by atoms with Crippen molar-refractivity contribution in [3.8, 4) is 11.5 Å². The summed E-state index contributed by atoms with van der Waals surface area (Å²) < 4.78 is 11.4. The first-order valence-corrected chi connectivity index (χ1v) is 11.6. The smallest absolute Gasteiger partial charge is 0.271 e. The zero-order valence-corrected chi connectivity index (χ0v) is 19.4. The van der Waals surface area contributed by atoms with Gasteiger partial charge < -0.3 is 9.47 Å². The van der Waals surface area contributed by atoms with Crippen LogP contribution in [0.4, 0.5) is 5.69 Å². The molecule has 1 aliphatic heterocycles. The third kappa shape index (κ3) is 3.38. The molecule has 0 radical (unpaired) electrons. The quantitative estimate of drug-likeness (QED) is 0.334. The Morgan fingerprint density at radius 3 is 1.92 bits per heavy atom. The first-order chi connectivity index (χ1) is 17.6. The van der Waals surface area contributed by atoms with Crippen molar-refractivity contribution in [2.24, 2.45) is 0 Å². The molecule has 0 spiro atoms. The number of nitrogens with zero attached hydrogens (tertiary/aromatic N) is 1. The highest BCUT2D eigenvalue weighted by Crippen LogP contribution is 2.43. The third-order valence-corrected chi connectivity index (χ3v) is 6.69. The first kappa shape index (κ1) is 21.8. The molecule has 6 rings (SSSR count). The molecule has 1 fully saturated rings. The molecule has 0 aromatic heterocycles. The van der Waals surface area contributed by atoms with Gasteiger partial charge in [0.2, 0.25) is 6.10 Å². The van der Waals surface area contributed by atoms with E-state index in [1.807, 2.05) is 30.3 Å². The Morgan fingerprint density at radius 1 is 0.639 bits per heavy atom. The van der Waals surface area contributed by atoms with Crippen LogP contribution in [0, 0.1) is 0 Å². The molecule has 2 aliphatic rings. The average Bonchev–Trinajstić information content (AvgIpc) is 2.93. The van der Waals surface area contributed by atoms with Gasteiger partial charge in [0.25, 0.3) is 5.91 Å². The number of rotatable bonds is 5. The van der Waals surface area contributed by atoms with Gasteiger partial charge in [0, 0.05) is 27.9 Å². The maximum Gasteiger partial charge on any atom is 0.271 e. The van der Waals surface area contributed by atoms with Crippen LogP contribution in [-0.4, -0.2) is 30.7 Å². The predicted molar refractivity (Wildman–Crippen MR) is 134 cm³/mol. The average molecular weight is 476 g/mol. The van der Waals surface area contributed by atoms with Crippen LogP contribution in [0.1, 0.15) is 43.4 Å². The monoisotopic (exact) mass is 475 g/mol. The Balaban J connectivity index is 1.42. The summed E-state index contributed by atoms with van der Waals surface area (Å²) in [5.41, 5.74) is 2.90. The van der Waals surface area contributed by atoms with E-state index in [9.17, 15) is 14.4 Å². The zero-order chi connectivity index (χ0) is 24.8. The lowest BCUT2D eigenvalue weighted by atomic mass is 9.81. The second kappa shape index (κ2) is 8.50. The van der Waals surface area contributed by atoms with Crippen molar-refractivity contribution in [3.63, 3.8) is 0 Å². The number of ether oxygens (including phenoxy) is 2. The van der Waals surface area contributed by atoms with E-state index < -0.39 is 12.1 Å². The fraction of sp³-hybridized carbons (Fsp3) is 0.100. The van der Waals surface area contributed by atoms with Gasteiger partial charge in [-0.05, 0) is 54.1 Å². The molecule has 1 saturated heterocycles. The topological polar surface area (TPSA) is 72.9 Å². The van der Waals surface area contributed by atoms with Gasteiger partial charge in [-0.15, -0.1) is 0 Å². The molecule has 1 aliphatic carbocycles. The highest BCUT2D eigenvalue weighted by Gasteiger charge is 2.51. The lowest BCUT2D eigenvalue weighted by molar-refractivity contribution is -0.135. The number of fused-ring (bicyclic) bond motifs is 2. The summed E-state index contributed by atoms with van der Waals surface area (Å²) in [7, 11) is 1.58. The van der Waals surface area contributed by atoms with Gasteiger partial charge in [0.1, 0.15) is 17.5 Å². The van der Waals surface area contributed by atoms with E-state index in [4.69, 9.17) is 9.47 Å². The minimum atomic E-state index is -0.783.